The summed E-state index contributed by atoms with van der Waals surface area (Å²) in [6.45, 7) is 0.898. The molecule has 0 spiro atoms. The van der Waals surface area contributed by atoms with Crippen LogP contribution in [0.3, 0.4) is 0 Å². The zero-order valence-electron chi connectivity index (χ0n) is 14.3. The lowest BCUT2D eigenvalue weighted by molar-refractivity contribution is -0.384. The predicted octanol–water partition coefficient (Wildman–Crippen LogP) is 4.24. The monoisotopic (exact) mass is 406 g/mol. The van der Waals surface area contributed by atoms with Crippen molar-refractivity contribution >= 4 is 45.8 Å². The van der Waals surface area contributed by atoms with E-state index in [0.717, 1.165) is 18.2 Å². The molecule has 0 saturated heterocycles. The number of furan rings is 1. The second kappa shape index (κ2) is 7.65. The topological polar surface area (TPSA) is 112 Å². The van der Waals surface area contributed by atoms with E-state index in [-0.39, 0.29) is 5.76 Å². The van der Waals surface area contributed by atoms with Gasteiger partial charge in [-0.3, -0.25) is 14.9 Å². The molecule has 0 radical (unpaired) electrons. The lowest BCUT2D eigenvalue weighted by Crippen LogP contribution is -2.21. The Morgan fingerprint density at radius 3 is 2.75 bits per heavy atom. The first-order valence-corrected chi connectivity index (χ1v) is 8.23. The fourth-order valence-corrected chi connectivity index (χ4v) is 2.67. The number of nitro benzene ring substituents is 1. The molecule has 3 aromatic rings. The maximum absolute atomic E-state index is 13.7. The maximum atomic E-state index is 13.7. The molecule has 2 aromatic carbocycles. The van der Waals surface area contributed by atoms with Gasteiger partial charge < -0.3 is 14.5 Å². The molecule has 0 saturated carbocycles. The number of nitrogens with one attached hydrogen (secondary N) is 1. The Bertz CT molecular complexity index is 1110. The number of carbonyl (C=O) groups is 2. The molecule has 0 fully saturated rings. The number of non-ortho nitro benzene ring substituents is 1. The van der Waals surface area contributed by atoms with Gasteiger partial charge in [-0.15, -0.1) is 0 Å². The Hall–Kier alpha value is -3.46. The smallest absolute Gasteiger partial charge is 0.375 e. The molecule has 0 unspecified atom stereocenters. The SMILES string of the molecule is Cc1c(C(=O)OCC(=O)Nc2cc([N+](=O)[O-])ccc2F)oc2ccc(Cl)cc12. The van der Waals surface area contributed by atoms with E-state index in [1.807, 2.05) is 0 Å². The maximum Gasteiger partial charge on any atom is 0.375 e. The number of hydrogen-bond donors (Lipinski definition) is 1. The molecule has 1 amide bonds. The highest BCUT2D eigenvalue weighted by Crippen LogP contribution is 2.28. The van der Waals surface area contributed by atoms with Crippen molar-refractivity contribution in [1.82, 2.24) is 0 Å². The van der Waals surface area contributed by atoms with Gasteiger partial charge in [0.15, 0.2) is 6.61 Å². The van der Waals surface area contributed by atoms with Crippen LogP contribution in [-0.4, -0.2) is 23.4 Å². The van der Waals surface area contributed by atoms with E-state index in [1.165, 1.54) is 0 Å². The first-order chi connectivity index (χ1) is 13.3. The fourth-order valence-electron chi connectivity index (χ4n) is 2.49. The zero-order chi connectivity index (χ0) is 20.4. The van der Waals surface area contributed by atoms with E-state index in [1.54, 1.807) is 25.1 Å². The van der Waals surface area contributed by atoms with Gasteiger partial charge in [-0.25, -0.2) is 9.18 Å². The van der Waals surface area contributed by atoms with Crippen molar-refractivity contribution < 1.29 is 28.1 Å². The number of ether oxygens (including phenoxy) is 1. The van der Waals surface area contributed by atoms with Crippen molar-refractivity contribution in [3.05, 3.63) is 68.7 Å². The van der Waals surface area contributed by atoms with Gasteiger partial charge in [0.2, 0.25) is 5.76 Å². The van der Waals surface area contributed by atoms with Crippen molar-refractivity contribution in [2.24, 2.45) is 0 Å². The number of nitro groups is 1. The normalized spacial score (nSPS) is 10.7. The Labute approximate surface area is 162 Å². The Balaban J connectivity index is 1.68. The molecule has 0 aliphatic rings. The molecular formula is C18H12ClFN2O6. The number of amides is 1. The molecule has 0 aliphatic carbocycles. The van der Waals surface area contributed by atoms with Crippen molar-refractivity contribution in [3.63, 3.8) is 0 Å². The van der Waals surface area contributed by atoms with E-state index >= 15 is 0 Å². The number of carbonyl (C=O) groups excluding carboxylic acids is 2. The van der Waals surface area contributed by atoms with Gasteiger partial charge >= 0.3 is 5.97 Å². The van der Waals surface area contributed by atoms with Crippen LogP contribution >= 0.6 is 11.6 Å². The number of anilines is 1. The van der Waals surface area contributed by atoms with Crippen molar-refractivity contribution in [3.8, 4) is 0 Å². The lowest BCUT2D eigenvalue weighted by Gasteiger charge is -2.07. The molecule has 1 heterocycles. The lowest BCUT2D eigenvalue weighted by atomic mass is 10.1. The summed E-state index contributed by atoms with van der Waals surface area (Å²) in [7, 11) is 0. The van der Waals surface area contributed by atoms with Crippen LogP contribution in [-0.2, 0) is 9.53 Å². The summed E-state index contributed by atoms with van der Waals surface area (Å²) >= 11 is 5.92. The van der Waals surface area contributed by atoms with E-state index in [0.29, 0.717) is 21.6 Å². The van der Waals surface area contributed by atoms with Crippen LogP contribution in [0.2, 0.25) is 5.02 Å². The Kier molecular flexibility index (Phi) is 5.27. The van der Waals surface area contributed by atoms with E-state index in [2.05, 4.69) is 5.32 Å². The minimum Gasteiger partial charge on any atom is -0.450 e. The molecule has 0 aliphatic heterocycles. The molecular weight excluding hydrogens is 395 g/mol. The third-order valence-corrected chi connectivity index (χ3v) is 4.09. The van der Waals surface area contributed by atoms with Gasteiger partial charge in [0.1, 0.15) is 11.4 Å². The Morgan fingerprint density at radius 2 is 2.04 bits per heavy atom. The third-order valence-electron chi connectivity index (χ3n) is 3.85. The van der Waals surface area contributed by atoms with Crippen LogP contribution in [0.4, 0.5) is 15.8 Å². The number of rotatable bonds is 5. The van der Waals surface area contributed by atoms with Gasteiger partial charge in [0.25, 0.3) is 11.6 Å². The number of fused-ring (bicyclic) bond motifs is 1. The second-order valence-electron chi connectivity index (χ2n) is 5.74. The van der Waals surface area contributed by atoms with Crippen LogP contribution in [0.5, 0.6) is 0 Å². The summed E-state index contributed by atoms with van der Waals surface area (Å²) < 4.78 is 24.0. The number of benzene rings is 2. The zero-order valence-corrected chi connectivity index (χ0v) is 15.1. The number of esters is 1. The Morgan fingerprint density at radius 1 is 1.29 bits per heavy atom. The molecule has 0 bridgehead atoms. The number of nitrogens with zero attached hydrogens (tertiary/aromatic N) is 1. The van der Waals surface area contributed by atoms with Crippen LogP contribution in [0.1, 0.15) is 16.1 Å². The first kappa shape index (κ1) is 19.3. The van der Waals surface area contributed by atoms with E-state index < -0.39 is 40.6 Å². The van der Waals surface area contributed by atoms with Crippen LogP contribution in [0, 0.1) is 22.9 Å². The number of hydrogen-bond acceptors (Lipinski definition) is 6. The van der Waals surface area contributed by atoms with Crippen LogP contribution < -0.4 is 5.32 Å². The minimum atomic E-state index is -0.889. The van der Waals surface area contributed by atoms with Crippen molar-refractivity contribution in [2.45, 2.75) is 6.92 Å². The summed E-state index contributed by atoms with van der Waals surface area (Å²) in [4.78, 5) is 34.1. The van der Waals surface area contributed by atoms with Crippen LogP contribution in [0.25, 0.3) is 11.0 Å². The van der Waals surface area contributed by atoms with Crippen LogP contribution in [0.15, 0.2) is 40.8 Å². The van der Waals surface area contributed by atoms with Gasteiger partial charge in [-0.1, -0.05) is 11.6 Å². The van der Waals surface area contributed by atoms with Gasteiger partial charge in [0.05, 0.1) is 10.6 Å². The first-order valence-electron chi connectivity index (χ1n) is 7.86. The minimum absolute atomic E-state index is 0.0911. The summed E-state index contributed by atoms with van der Waals surface area (Å²) in [6.07, 6.45) is 0. The standard InChI is InChI=1S/C18H12ClFN2O6/c1-9-12-6-10(19)2-5-15(12)28-17(9)18(24)27-8-16(23)21-14-7-11(22(25)26)3-4-13(14)20/h2-7H,8H2,1H3,(H,21,23). The van der Waals surface area contributed by atoms with Crippen molar-refractivity contribution in [1.29, 1.82) is 0 Å². The summed E-state index contributed by atoms with van der Waals surface area (Å²) in [5.74, 6) is -2.72. The van der Waals surface area contributed by atoms with Crippen molar-refractivity contribution in [2.75, 3.05) is 11.9 Å². The van der Waals surface area contributed by atoms with E-state index in [9.17, 15) is 24.1 Å². The largest absolute Gasteiger partial charge is 0.450 e. The highest BCUT2D eigenvalue weighted by molar-refractivity contribution is 6.31. The predicted molar refractivity (Wildman–Crippen MR) is 97.9 cm³/mol. The highest BCUT2D eigenvalue weighted by atomic mass is 35.5. The highest BCUT2D eigenvalue weighted by Gasteiger charge is 2.21. The molecule has 1 aromatic heterocycles. The quantitative estimate of drug-likeness (QED) is 0.385. The van der Waals surface area contributed by atoms with Gasteiger partial charge in [-0.2, -0.15) is 0 Å². The summed E-state index contributed by atoms with van der Waals surface area (Å²) in [6, 6.07) is 7.50. The average Bonchev–Trinajstić information content (AvgIpc) is 2.97. The molecule has 8 nitrogen and oxygen atoms in total. The molecule has 3 rings (SSSR count). The molecule has 28 heavy (non-hydrogen) atoms. The number of aryl methyl sites for hydroxylation is 1. The third kappa shape index (κ3) is 3.94. The van der Waals surface area contributed by atoms with Gasteiger partial charge in [0, 0.05) is 28.1 Å². The fraction of sp³-hybridized carbons (Fsp3) is 0.111. The molecule has 1 N–H and O–H groups in total. The van der Waals surface area contributed by atoms with Gasteiger partial charge in [-0.05, 0) is 31.2 Å². The second-order valence-corrected chi connectivity index (χ2v) is 6.18. The molecule has 144 valence electrons. The summed E-state index contributed by atoms with van der Waals surface area (Å²) in [5.41, 5.74) is 0.125. The molecule has 0 atom stereocenters. The summed E-state index contributed by atoms with van der Waals surface area (Å²) in [5, 5.41) is 13.9. The average molecular weight is 407 g/mol. The van der Waals surface area contributed by atoms with E-state index in [4.69, 9.17) is 20.8 Å². The number of halogens is 2. The molecule has 10 heteroatoms.